The van der Waals surface area contributed by atoms with Crippen LogP contribution in [0.15, 0.2) is 47.4 Å². The van der Waals surface area contributed by atoms with Gasteiger partial charge in [0.05, 0.1) is 31.5 Å². The number of aromatic nitrogens is 2. The molecule has 2 aromatic carbocycles. The predicted molar refractivity (Wildman–Crippen MR) is 119 cm³/mol. The van der Waals surface area contributed by atoms with Crippen molar-refractivity contribution in [2.24, 2.45) is 0 Å². The Morgan fingerprint density at radius 2 is 1.76 bits per heavy atom. The molecule has 0 radical (unpaired) electrons. The van der Waals surface area contributed by atoms with E-state index in [1.807, 2.05) is 0 Å². The van der Waals surface area contributed by atoms with Crippen molar-refractivity contribution in [2.75, 3.05) is 11.6 Å². The number of alkyl halides is 3. The van der Waals surface area contributed by atoms with Gasteiger partial charge in [0.2, 0.25) is 0 Å². The van der Waals surface area contributed by atoms with Crippen molar-refractivity contribution in [1.29, 1.82) is 5.26 Å². The molecule has 2 heterocycles. The van der Waals surface area contributed by atoms with Crippen molar-refractivity contribution in [1.82, 2.24) is 9.38 Å². The quantitative estimate of drug-likeness (QED) is 0.378. The number of nitrogens with zero attached hydrogens (tertiary/aromatic N) is 3. The van der Waals surface area contributed by atoms with Crippen LogP contribution in [-0.4, -0.2) is 24.1 Å². The molecule has 6 nitrogen and oxygen atoms in total. The molecule has 0 amide bonds. The molecule has 0 bridgehead atoms. The van der Waals surface area contributed by atoms with Crippen molar-refractivity contribution in [2.45, 2.75) is 17.6 Å². The summed E-state index contributed by atoms with van der Waals surface area (Å²) >= 11 is 12.1. The minimum absolute atomic E-state index is 0.0180. The fraction of sp³-hybridized carbons (Fsp3) is 0.143. The lowest BCUT2D eigenvalue weighted by molar-refractivity contribution is -0.137. The minimum atomic E-state index is -4.80. The summed E-state index contributed by atoms with van der Waals surface area (Å²) in [6, 6.07) is 11.2. The first-order valence-corrected chi connectivity index (χ1v) is 11.9. The third-order valence-corrected chi connectivity index (χ3v) is 6.80. The van der Waals surface area contributed by atoms with Gasteiger partial charge in [-0.3, -0.25) is 4.40 Å². The van der Waals surface area contributed by atoms with Crippen LogP contribution in [0.5, 0.6) is 0 Å². The summed E-state index contributed by atoms with van der Waals surface area (Å²) in [6.07, 6.45) is -3.72. The Morgan fingerprint density at radius 1 is 1.12 bits per heavy atom. The van der Waals surface area contributed by atoms with Crippen LogP contribution in [0.2, 0.25) is 10.0 Å². The lowest BCUT2D eigenvalue weighted by Gasteiger charge is -2.16. The number of benzene rings is 2. The van der Waals surface area contributed by atoms with Crippen LogP contribution in [0.25, 0.3) is 16.7 Å². The van der Waals surface area contributed by atoms with Gasteiger partial charge >= 0.3 is 6.18 Å². The number of hydrogen-bond donors (Lipinski definition) is 1. The van der Waals surface area contributed by atoms with E-state index in [-0.39, 0.29) is 38.5 Å². The second kappa shape index (κ2) is 8.09. The first-order valence-electron chi connectivity index (χ1n) is 9.24. The standard InChI is InChI=1S/C21H13Cl2F3N4O2S/c1-33(31,32)12-4-2-11(3-5-12)10-28-19-6-14(21(24,25)26)13(9-27)20-29-17-7-15(22)16(23)8-18(17)30(19)20/h2-8,28H,10H2,1H3. The van der Waals surface area contributed by atoms with E-state index in [2.05, 4.69) is 10.3 Å². The average Bonchev–Trinajstić information content (AvgIpc) is 3.09. The number of rotatable bonds is 4. The first-order chi connectivity index (χ1) is 15.4. The number of hydrogen-bond acceptors (Lipinski definition) is 5. The van der Waals surface area contributed by atoms with Crippen molar-refractivity contribution in [3.63, 3.8) is 0 Å². The van der Waals surface area contributed by atoms with Gasteiger partial charge < -0.3 is 5.32 Å². The molecule has 0 saturated carbocycles. The van der Waals surface area contributed by atoms with Crippen LogP contribution in [-0.2, 0) is 22.6 Å². The SMILES string of the molecule is CS(=O)(=O)c1ccc(CNc2cc(C(F)(F)F)c(C#N)c3nc4cc(Cl)c(Cl)cc4n23)cc1. The van der Waals surface area contributed by atoms with E-state index in [0.29, 0.717) is 11.1 Å². The number of sulfone groups is 1. The second-order valence-electron chi connectivity index (χ2n) is 7.22. The highest BCUT2D eigenvalue weighted by Crippen LogP contribution is 2.38. The third kappa shape index (κ3) is 4.31. The van der Waals surface area contributed by atoms with E-state index in [0.717, 1.165) is 12.3 Å². The predicted octanol–water partition coefficient (Wildman–Crippen LogP) is 5.70. The fourth-order valence-corrected chi connectivity index (χ4v) is 4.34. The molecule has 0 fully saturated rings. The van der Waals surface area contributed by atoms with Crippen LogP contribution in [0.3, 0.4) is 0 Å². The molecule has 0 aliphatic rings. The Bertz CT molecular complexity index is 1560. The highest BCUT2D eigenvalue weighted by molar-refractivity contribution is 7.90. The molecule has 12 heteroatoms. The normalized spacial score (nSPS) is 12.3. The van der Waals surface area contributed by atoms with Gasteiger partial charge in [0.1, 0.15) is 17.5 Å². The Kier molecular flexibility index (Phi) is 5.68. The summed E-state index contributed by atoms with van der Waals surface area (Å²) in [5.74, 6) is 0.0180. The summed E-state index contributed by atoms with van der Waals surface area (Å²) in [7, 11) is -3.38. The topological polar surface area (TPSA) is 87.3 Å². The van der Waals surface area contributed by atoms with Crippen molar-refractivity contribution >= 4 is 55.5 Å². The number of anilines is 1. The number of halogens is 5. The molecule has 0 atom stereocenters. The van der Waals surface area contributed by atoms with Crippen molar-refractivity contribution in [3.05, 3.63) is 69.2 Å². The summed E-state index contributed by atoms with van der Waals surface area (Å²) < 4.78 is 65.8. The van der Waals surface area contributed by atoms with Gasteiger partial charge in [-0.15, -0.1) is 0 Å². The van der Waals surface area contributed by atoms with Gasteiger partial charge in [0.15, 0.2) is 15.5 Å². The van der Waals surface area contributed by atoms with E-state index in [1.54, 1.807) is 18.2 Å². The Labute approximate surface area is 196 Å². The minimum Gasteiger partial charge on any atom is -0.367 e. The molecular weight excluding hydrogens is 500 g/mol. The summed E-state index contributed by atoms with van der Waals surface area (Å²) in [4.78, 5) is 4.33. The van der Waals surface area contributed by atoms with Gasteiger partial charge in [-0.2, -0.15) is 18.4 Å². The third-order valence-electron chi connectivity index (χ3n) is 4.95. The maximum absolute atomic E-state index is 13.7. The highest BCUT2D eigenvalue weighted by atomic mass is 35.5. The number of nitriles is 1. The molecule has 33 heavy (non-hydrogen) atoms. The molecule has 1 N–H and O–H groups in total. The Balaban J connectivity index is 1.89. The molecular formula is C21H13Cl2F3N4O2S. The first kappa shape index (κ1) is 23.2. The zero-order valence-electron chi connectivity index (χ0n) is 16.7. The lowest BCUT2D eigenvalue weighted by Crippen LogP contribution is -2.13. The monoisotopic (exact) mass is 512 g/mol. The van der Waals surface area contributed by atoms with Gasteiger partial charge in [0.25, 0.3) is 0 Å². The maximum atomic E-state index is 13.7. The van der Waals surface area contributed by atoms with E-state index >= 15 is 0 Å². The van der Waals surface area contributed by atoms with Crippen LogP contribution in [0.1, 0.15) is 16.7 Å². The second-order valence-corrected chi connectivity index (χ2v) is 10.1. The van der Waals surface area contributed by atoms with Gasteiger partial charge in [-0.05, 0) is 35.9 Å². The van der Waals surface area contributed by atoms with E-state index < -0.39 is 27.1 Å². The van der Waals surface area contributed by atoms with E-state index in [4.69, 9.17) is 23.2 Å². The summed E-state index contributed by atoms with van der Waals surface area (Å²) in [5.41, 5.74) is -0.719. The molecule has 0 aliphatic carbocycles. The fourth-order valence-electron chi connectivity index (χ4n) is 3.39. The zero-order chi connectivity index (χ0) is 24.1. The average molecular weight is 513 g/mol. The number of nitrogens with one attached hydrogen (secondary N) is 1. The van der Waals surface area contributed by atoms with Crippen molar-refractivity contribution in [3.8, 4) is 6.07 Å². The molecule has 0 saturated heterocycles. The molecule has 4 aromatic rings. The molecule has 4 rings (SSSR count). The molecule has 2 aromatic heterocycles. The zero-order valence-corrected chi connectivity index (χ0v) is 19.0. The van der Waals surface area contributed by atoms with E-state index in [9.17, 15) is 26.9 Å². The Hall–Kier alpha value is -3.00. The molecule has 0 unspecified atom stereocenters. The largest absolute Gasteiger partial charge is 0.417 e. The van der Waals surface area contributed by atoms with Crippen LogP contribution in [0, 0.1) is 11.3 Å². The lowest BCUT2D eigenvalue weighted by atomic mass is 10.1. The molecule has 0 spiro atoms. The van der Waals surface area contributed by atoms with Crippen LogP contribution >= 0.6 is 23.2 Å². The van der Waals surface area contributed by atoms with Gasteiger partial charge in [-0.1, -0.05) is 35.3 Å². The number of fused-ring (bicyclic) bond motifs is 3. The highest BCUT2D eigenvalue weighted by Gasteiger charge is 2.36. The number of imidazole rings is 1. The Morgan fingerprint density at radius 3 is 2.33 bits per heavy atom. The van der Waals surface area contributed by atoms with Gasteiger partial charge in [-0.25, -0.2) is 13.4 Å². The summed E-state index contributed by atoms with van der Waals surface area (Å²) in [6.45, 7) is 0.0728. The van der Waals surface area contributed by atoms with Crippen LogP contribution in [0.4, 0.5) is 19.0 Å². The van der Waals surface area contributed by atoms with Crippen molar-refractivity contribution < 1.29 is 21.6 Å². The smallest absolute Gasteiger partial charge is 0.367 e. The van der Waals surface area contributed by atoms with E-state index in [1.165, 1.54) is 28.7 Å². The molecule has 0 aliphatic heterocycles. The molecule has 170 valence electrons. The van der Waals surface area contributed by atoms with Gasteiger partial charge in [0, 0.05) is 12.8 Å². The number of pyridine rings is 1. The van der Waals surface area contributed by atoms with Crippen LogP contribution < -0.4 is 5.32 Å². The summed E-state index contributed by atoms with van der Waals surface area (Å²) in [5, 5.41) is 12.7. The maximum Gasteiger partial charge on any atom is 0.417 e.